The van der Waals surface area contributed by atoms with Gasteiger partial charge in [0, 0.05) is 12.3 Å². The molecular weight excluding hydrogens is 180 g/mol. The molecule has 1 saturated carbocycles. The Kier molecular flexibility index (Phi) is 2.88. The van der Waals surface area contributed by atoms with Gasteiger partial charge in [0.1, 0.15) is 5.78 Å². The summed E-state index contributed by atoms with van der Waals surface area (Å²) in [5, 5.41) is 10.2. The van der Waals surface area contributed by atoms with Crippen LogP contribution in [0.1, 0.15) is 38.5 Å². The van der Waals surface area contributed by atoms with Crippen molar-refractivity contribution in [3.63, 3.8) is 0 Å². The van der Waals surface area contributed by atoms with Gasteiger partial charge in [-0.25, -0.2) is 0 Å². The van der Waals surface area contributed by atoms with Crippen LogP contribution in [0.15, 0.2) is 0 Å². The van der Waals surface area contributed by atoms with Crippen molar-refractivity contribution >= 4 is 5.78 Å². The zero-order valence-electron chi connectivity index (χ0n) is 8.50. The zero-order valence-corrected chi connectivity index (χ0v) is 8.50. The van der Waals surface area contributed by atoms with E-state index in [0.717, 1.165) is 25.7 Å². The Morgan fingerprint density at radius 2 is 2.14 bits per heavy atom. The highest BCUT2D eigenvalue weighted by Gasteiger charge is 2.36. The lowest BCUT2D eigenvalue weighted by Crippen LogP contribution is -2.36. The first-order chi connectivity index (χ1) is 6.70. The molecule has 0 aromatic carbocycles. The Morgan fingerprint density at radius 3 is 2.79 bits per heavy atom. The minimum atomic E-state index is -0.568. The van der Waals surface area contributed by atoms with Gasteiger partial charge in [-0.2, -0.15) is 0 Å². The number of rotatable bonds is 2. The van der Waals surface area contributed by atoms with Crippen LogP contribution in [-0.2, 0) is 9.53 Å². The second-order valence-electron chi connectivity index (χ2n) is 4.62. The maximum Gasteiger partial charge on any atom is 0.140 e. The quantitative estimate of drug-likeness (QED) is 0.727. The van der Waals surface area contributed by atoms with Crippen molar-refractivity contribution in [3.05, 3.63) is 0 Å². The fourth-order valence-electron chi connectivity index (χ4n) is 2.56. The van der Waals surface area contributed by atoms with Crippen LogP contribution in [0.4, 0.5) is 0 Å². The van der Waals surface area contributed by atoms with Crippen molar-refractivity contribution in [2.45, 2.75) is 44.1 Å². The number of ketones is 1. The molecule has 14 heavy (non-hydrogen) atoms. The van der Waals surface area contributed by atoms with E-state index >= 15 is 0 Å². The van der Waals surface area contributed by atoms with Gasteiger partial charge in [0.15, 0.2) is 0 Å². The molecule has 2 rings (SSSR count). The smallest absolute Gasteiger partial charge is 0.140 e. The summed E-state index contributed by atoms with van der Waals surface area (Å²) in [6.45, 7) is 1.08. The highest BCUT2D eigenvalue weighted by atomic mass is 16.5. The normalized spacial score (nSPS) is 32.1. The zero-order chi connectivity index (χ0) is 10.0. The Morgan fingerprint density at radius 1 is 1.43 bits per heavy atom. The molecule has 0 amide bonds. The maximum atomic E-state index is 11.5. The molecule has 1 aliphatic heterocycles. The summed E-state index contributed by atoms with van der Waals surface area (Å²) in [4.78, 5) is 11.5. The molecule has 1 saturated heterocycles. The number of hydrogen-bond acceptors (Lipinski definition) is 3. The van der Waals surface area contributed by atoms with E-state index < -0.39 is 5.60 Å². The first kappa shape index (κ1) is 10.1. The first-order valence-corrected chi connectivity index (χ1v) is 5.52. The van der Waals surface area contributed by atoms with Crippen LogP contribution in [-0.4, -0.2) is 29.7 Å². The molecule has 0 spiro atoms. The number of Topliss-reactive ketones (excluding diaryl/α,β-unsaturated/α-hetero) is 1. The third kappa shape index (κ3) is 2.15. The van der Waals surface area contributed by atoms with Crippen LogP contribution in [0.25, 0.3) is 0 Å². The first-order valence-electron chi connectivity index (χ1n) is 5.52. The molecular formula is C11H18O3. The third-order valence-electron chi connectivity index (χ3n) is 3.43. The molecule has 1 N–H and O–H groups in total. The second-order valence-corrected chi connectivity index (χ2v) is 4.62. The Bertz CT molecular complexity index is 219. The van der Waals surface area contributed by atoms with E-state index in [4.69, 9.17) is 4.74 Å². The highest BCUT2D eigenvalue weighted by molar-refractivity contribution is 5.81. The number of aliphatic hydroxyl groups is 1. The number of carbonyl (C=O) groups excluding carboxylic acids is 1. The predicted molar refractivity (Wildman–Crippen MR) is 52.0 cm³/mol. The van der Waals surface area contributed by atoms with Gasteiger partial charge in [0.05, 0.1) is 18.8 Å². The molecule has 1 atom stereocenters. The average Bonchev–Trinajstić information content (AvgIpc) is 2.57. The Balaban J connectivity index is 1.91. The molecule has 0 aromatic heterocycles. The number of ether oxygens (including phenoxy) is 1. The molecule has 1 heterocycles. The van der Waals surface area contributed by atoms with Gasteiger partial charge < -0.3 is 9.84 Å². The maximum absolute atomic E-state index is 11.5. The molecule has 2 aliphatic rings. The summed E-state index contributed by atoms with van der Waals surface area (Å²) in [6, 6.07) is 0. The highest BCUT2D eigenvalue weighted by Crippen LogP contribution is 2.35. The van der Waals surface area contributed by atoms with Crippen molar-refractivity contribution in [3.8, 4) is 0 Å². The Labute approximate surface area is 84.4 Å². The minimum absolute atomic E-state index is 0.0492. The lowest BCUT2D eigenvalue weighted by atomic mass is 9.85. The predicted octanol–water partition coefficient (Wildman–Crippen LogP) is 1.29. The molecule has 0 aromatic rings. The van der Waals surface area contributed by atoms with Gasteiger partial charge in [-0.05, 0) is 19.3 Å². The Hall–Kier alpha value is -0.410. The van der Waals surface area contributed by atoms with Crippen molar-refractivity contribution in [2.24, 2.45) is 5.92 Å². The third-order valence-corrected chi connectivity index (χ3v) is 3.43. The number of hydrogen-bond donors (Lipinski definition) is 1. The van der Waals surface area contributed by atoms with Gasteiger partial charge in [-0.3, -0.25) is 4.79 Å². The molecule has 1 aliphatic carbocycles. The van der Waals surface area contributed by atoms with Gasteiger partial charge in [-0.15, -0.1) is 0 Å². The summed E-state index contributed by atoms with van der Waals surface area (Å²) < 4.78 is 5.28. The van der Waals surface area contributed by atoms with E-state index in [9.17, 15) is 9.90 Å². The van der Waals surface area contributed by atoms with Crippen LogP contribution in [0.5, 0.6) is 0 Å². The van der Waals surface area contributed by atoms with E-state index in [1.807, 2.05) is 0 Å². The van der Waals surface area contributed by atoms with Gasteiger partial charge in [0.2, 0.25) is 0 Å². The van der Waals surface area contributed by atoms with Crippen molar-refractivity contribution in [1.82, 2.24) is 0 Å². The lowest BCUT2D eigenvalue weighted by Gasteiger charge is -2.29. The van der Waals surface area contributed by atoms with Crippen LogP contribution in [0.3, 0.4) is 0 Å². The topological polar surface area (TPSA) is 46.5 Å². The van der Waals surface area contributed by atoms with E-state index in [0.29, 0.717) is 26.1 Å². The second kappa shape index (κ2) is 3.99. The lowest BCUT2D eigenvalue weighted by molar-refractivity contribution is -0.133. The molecule has 1 unspecified atom stereocenters. The van der Waals surface area contributed by atoms with E-state index in [-0.39, 0.29) is 11.7 Å². The SMILES string of the molecule is O=C1CCOCC1CC1(O)CCCC1. The van der Waals surface area contributed by atoms with Gasteiger partial charge in [0.25, 0.3) is 0 Å². The fourth-order valence-corrected chi connectivity index (χ4v) is 2.56. The fraction of sp³-hybridized carbons (Fsp3) is 0.909. The van der Waals surface area contributed by atoms with Gasteiger partial charge in [-0.1, -0.05) is 12.8 Å². The van der Waals surface area contributed by atoms with Crippen molar-refractivity contribution < 1.29 is 14.6 Å². The monoisotopic (exact) mass is 198 g/mol. The molecule has 80 valence electrons. The summed E-state index contributed by atoms with van der Waals surface area (Å²) in [5.74, 6) is 0.225. The van der Waals surface area contributed by atoms with E-state index in [2.05, 4.69) is 0 Å². The summed E-state index contributed by atoms with van der Waals surface area (Å²) >= 11 is 0. The van der Waals surface area contributed by atoms with E-state index in [1.165, 1.54) is 0 Å². The largest absolute Gasteiger partial charge is 0.390 e. The molecule has 0 radical (unpaired) electrons. The van der Waals surface area contributed by atoms with Crippen molar-refractivity contribution in [1.29, 1.82) is 0 Å². The van der Waals surface area contributed by atoms with Crippen LogP contribution in [0, 0.1) is 5.92 Å². The molecule has 3 heteroatoms. The molecule has 2 fully saturated rings. The summed E-state index contributed by atoms with van der Waals surface area (Å²) in [5.41, 5.74) is -0.568. The van der Waals surface area contributed by atoms with Crippen molar-refractivity contribution in [2.75, 3.05) is 13.2 Å². The minimum Gasteiger partial charge on any atom is -0.390 e. The standard InChI is InChI=1S/C11H18O3/c12-10-3-6-14-8-9(10)7-11(13)4-1-2-5-11/h9,13H,1-8H2. The van der Waals surface area contributed by atoms with Crippen LogP contribution in [0.2, 0.25) is 0 Å². The van der Waals surface area contributed by atoms with Crippen LogP contribution < -0.4 is 0 Å². The molecule has 0 bridgehead atoms. The molecule has 3 nitrogen and oxygen atoms in total. The van der Waals surface area contributed by atoms with Gasteiger partial charge >= 0.3 is 0 Å². The summed E-state index contributed by atoms with van der Waals surface area (Å²) in [6.07, 6.45) is 5.05. The van der Waals surface area contributed by atoms with Crippen LogP contribution >= 0.6 is 0 Å². The average molecular weight is 198 g/mol. The number of carbonyl (C=O) groups is 1. The van der Waals surface area contributed by atoms with E-state index in [1.54, 1.807) is 0 Å². The summed E-state index contributed by atoms with van der Waals surface area (Å²) in [7, 11) is 0.